The first-order valence-corrected chi connectivity index (χ1v) is 15.1. The summed E-state index contributed by atoms with van der Waals surface area (Å²) in [6.07, 6.45) is 9.85. The average Bonchev–Trinajstić information content (AvgIpc) is 3.06. The van der Waals surface area contributed by atoms with Gasteiger partial charge in [-0.15, -0.1) is 0 Å². The van der Waals surface area contributed by atoms with E-state index in [1.807, 2.05) is 0 Å². The number of esters is 2. The minimum Gasteiger partial charge on any atom is -0.469 e. The Morgan fingerprint density at radius 1 is 1.13 bits per heavy atom. The van der Waals surface area contributed by atoms with Crippen LogP contribution in [-0.4, -0.2) is 36.4 Å². The largest absolute Gasteiger partial charge is 0.469 e. The van der Waals surface area contributed by atoms with Crippen molar-refractivity contribution in [1.29, 1.82) is 0 Å². The maximum Gasteiger partial charge on any atom is 0.309 e. The van der Waals surface area contributed by atoms with Gasteiger partial charge in [-0.2, -0.15) is 0 Å². The van der Waals surface area contributed by atoms with Crippen molar-refractivity contribution in [2.24, 2.45) is 45.3 Å². The number of aliphatic hydroxyl groups excluding tert-OH is 1. The lowest BCUT2D eigenvalue weighted by molar-refractivity contribution is -0.165. The number of ether oxygens (including phenoxy) is 2. The number of methoxy groups -OCH3 is 1. The van der Waals surface area contributed by atoms with E-state index < -0.39 is 6.10 Å². The molecule has 2 saturated carbocycles. The van der Waals surface area contributed by atoms with E-state index in [0.29, 0.717) is 24.7 Å². The topological polar surface area (TPSA) is 72.8 Å². The highest BCUT2D eigenvalue weighted by molar-refractivity contribution is 5.73. The lowest BCUT2D eigenvalue weighted by atomic mass is 9.44. The summed E-state index contributed by atoms with van der Waals surface area (Å²) >= 11 is 0. The molecular weight excluding hydrogens is 488 g/mol. The average molecular weight is 541 g/mol. The lowest BCUT2D eigenvalue weighted by Crippen LogP contribution is -2.55. The van der Waals surface area contributed by atoms with Crippen LogP contribution in [0.25, 0.3) is 0 Å². The number of allylic oxidation sites excluding steroid dienone is 5. The predicted octanol–water partition coefficient (Wildman–Crippen LogP) is 7.20. The Morgan fingerprint density at radius 2 is 1.79 bits per heavy atom. The fraction of sp³-hybridized carbons (Fsp3) is 0.765. The van der Waals surface area contributed by atoms with Gasteiger partial charge in [0.05, 0.1) is 19.1 Å². The molecule has 5 nitrogen and oxygen atoms in total. The summed E-state index contributed by atoms with van der Waals surface area (Å²) < 4.78 is 11.2. The summed E-state index contributed by atoms with van der Waals surface area (Å²) in [5, 5.41) is 11.7. The molecule has 39 heavy (non-hydrogen) atoms. The van der Waals surface area contributed by atoms with Crippen LogP contribution in [0.2, 0.25) is 0 Å². The predicted molar refractivity (Wildman–Crippen MR) is 155 cm³/mol. The lowest BCUT2D eigenvalue weighted by Gasteiger charge is -2.61. The molecule has 0 aromatic carbocycles. The zero-order valence-corrected chi connectivity index (χ0v) is 25.9. The Hall–Kier alpha value is -1.88. The van der Waals surface area contributed by atoms with Crippen molar-refractivity contribution in [3.05, 3.63) is 35.5 Å². The third kappa shape index (κ3) is 4.55. The Bertz CT molecular complexity index is 1080. The van der Waals surface area contributed by atoms with Crippen LogP contribution in [0.4, 0.5) is 0 Å². The molecule has 1 N–H and O–H groups in total. The molecule has 0 spiro atoms. The molecule has 4 aliphatic carbocycles. The second-order valence-electron chi connectivity index (χ2n) is 14.6. The molecule has 0 aromatic rings. The van der Waals surface area contributed by atoms with Crippen LogP contribution in [0.5, 0.6) is 0 Å². The number of aliphatic hydroxyl groups is 1. The maximum absolute atomic E-state index is 13.2. The van der Waals surface area contributed by atoms with E-state index in [1.165, 1.54) is 25.2 Å². The highest BCUT2D eigenvalue weighted by atomic mass is 16.5. The Labute approximate surface area is 236 Å². The first kappa shape index (κ1) is 30.1. The van der Waals surface area contributed by atoms with Crippen molar-refractivity contribution in [2.75, 3.05) is 7.11 Å². The Kier molecular flexibility index (Phi) is 7.86. The third-order valence-corrected chi connectivity index (χ3v) is 12.1. The van der Waals surface area contributed by atoms with Crippen LogP contribution in [-0.2, 0) is 19.1 Å². The van der Waals surface area contributed by atoms with Gasteiger partial charge in [0.1, 0.15) is 6.10 Å². The molecule has 0 saturated heterocycles. The summed E-state index contributed by atoms with van der Waals surface area (Å²) in [7, 11) is 1.47. The summed E-state index contributed by atoms with van der Waals surface area (Å²) in [6, 6.07) is 0. The van der Waals surface area contributed by atoms with Gasteiger partial charge in [0, 0.05) is 23.7 Å². The molecule has 5 heteroatoms. The molecule has 0 heterocycles. The van der Waals surface area contributed by atoms with Gasteiger partial charge in [0.15, 0.2) is 0 Å². The molecule has 0 aliphatic heterocycles. The van der Waals surface area contributed by atoms with Crippen molar-refractivity contribution in [2.45, 2.75) is 113 Å². The van der Waals surface area contributed by atoms with E-state index in [9.17, 15) is 14.7 Å². The molecule has 218 valence electrons. The third-order valence-electron chi connectivity index (χ3n) is 12.1. The molecule has 0 bridgehead atoms. The van der Waals surface area contributed by atoms with Crippen molar-refractivity contribution in [3.63, 3.8) is 0 Å². The SMILES string of the molecule is C=C(CC[C@@H](C(=O)OC)[C@H]1[C@H](O)C[C@@]2(C)C3=CC[C@H]4C(C)(C)[C@@H](OC(C)=O)CC[C@]4(C)C3=CC[C@]12C)C(C)C. The molecule has 0 radical (unpaired) electrons. The molecule has 4 rings (SSSR count). The Morgan fingerprint density at radius 3 is 2.38 bits per heavy atom. The number of carbonyl (C=O) groups is 2. The Balaban J connectivity index is 1.71. The summed E-state index contributed by atoms with van der Waals surface area (Å²) in [5.74, 6) is -0.252. The monoisotopic (exact) mass is 540 g/mol. The van der Waals surface area contributed by atoms with E-state index in [2.05, 4.69) is 67.2 Å². The quantitative estimate of drug-likeness (QED) is 0.273. The maximum atomic E-state index is 13.2. The molecule has 0 aromatic heterocycles. The molecule has 0 amide bonds. The number of carbonyl (C=O) groups excluding carboxylic acids is 2. The first-order chi connectivity index (χ1) is 18.0. The first-order valence-electron chi connectivity index (χ1n) is 15.1. The van der Waals surface area contributed by atoms with E-state index in [-0.39, 0.29) is 51.5 Å². The van der Waals surface area contributed by atoms with Crippen LogP contribution in [0, 0.1) is 45.3 Å². The molecular formula is C34H52O5. The molecule has 0 unspecified atom stereocenters. The minimum absolute atomic E-state index is 0.0195. The van der Waals surface area contributed by atoms with E-state index in [1.54, 1.807) is 0 Å². The number of rotatable bonds is 7. The molecule has 4 aliphatic rings. The second-order valence-corrected chi connectivity index (χ2v) is 14.6. The van der Waals surface area contributed by atoms with Gasteiger partial charge in [0.2, 0.25) is 0 Å². The van der Waals surface area contributed by atoms with Crippen LogP contribution in [0.3, 0.4) is 0 Å². The normalized spacial score (nSPS) is 39.5. The summed E-state index contributed by atoms with van der Waals surface area (Å²) in [6.45, 7) is 21.6. The minimum atomic E-state index is -0.577. The van der Waals surface area contributed by atoms with Crippen LogP contribution >= 0.6 is 0 Å². The zero-order valence-electron chi connectivity index (χ0n) is 25.9. The molecule has 8 atom stereocenters. The van der Waals surface area contributed by atoms with Crippen molar-refractivity contribution < 1.29 is 24.2 Å². The van der Waals surface area contributed by atoms with Crippen molar-refractivity contribution >= 4 is 11.9 Å². The summed E-state index contributed by atoms with van der Waals surface area (Å²) in [5.41, 5.74) is 3.25. The smallest absolute Gasteiger partial charge is 0.309 e. The van der Waals surface area contributed by atoms with Crippen LogP contribution in [0.15, 0.2) is 35.5 Å². The van der Waals surface area contributed by atoms with E-state index >= 15 is 0 Å². The van der Waals surface area contributed by atoms with Gasteiger partial charge in [-0.1, -0.05) is 72.8 Å². The van der Waals surface area contributed by atoms with Crippen molar-refractivity contribution in [1.82, 2.24) is 0 Å². The second kappa shape index (κ2) is 10.2. The highest BCUT2D eigenvalue weighted by Gasteiger charge is 2.66. The van der Waals surface area contributed by atoms with Gasteiger partial charge < -0.3 is 14.6 Å². The van der Waals surface area contributed by atoms with Gasteiger partial charge >= 0.3 is 11.9 Å². The van der Waals surface area contributed by atoms with Gasteiger partial charge in [0.25, 0.3) is 0 Å². The fourth-order valence-electron chi connectivity index (χ4n) is 9.44. The number of hydrogen-bond acceptors (Lipinski definition) is 5. The zero-order chi connectivity index (χ0) is 29.1. The standard InChI is InChI=1S/C34H52O5/c1-20(2)21(3)11-12-23(30(37)38-10)29-26(36)19-34(9)25-13-14-27-31(5,6)28(39-22(4)35)16-17-32(27,7)24(25)15-18-33(29,34)8/h13,15,20,23,26-29,36H,3,11-12,14,16-19H2,1-2,4-10H3/t23-,26-,27+,28+,29+,32-,33-,34+/m1/s1. The highest BCUT2D eigenvalue weighted by Crippen LogP contribution is 2.72. The summed E-state index contributed by atoms with van der Waals surface area (Å²) in [4.78, 5) is 25.1. The van der Waals surface area contributed by atoms with Crippen molar-refractivity contribution in [3.8, 4) is 0 Å². The van der Waals surface area contributed by atoms with E-state index in [4.69, 9.17) is 9.47 Å². The van der Waals surface area contributed by atoms with Gasteiger partial charge in [-0.3, -0.25) is 9.59 Å². The van der Waals surface area contributed by atoms with Gasteiger partial charge in [-0.05, 0) is 78.8 Å². The fourth-order valence-corrected chi connectivity index (χ4v) is 9.44. The van der Waals surface area contributed by atoms with Gasteiger partial charge in [-0.25, -0.2) is 0 Å². The molecule has 2 fully saturated rings. The van der Waals surface area contributed by atoms with E-state index in [0.717, 1.165) is 37.7 Å². The van der Waals surface area contributed by atoms with Crippen LogP contribution < -0.4 is 0 Å². The number of hydrogen-bond donors (Lipinski definition) is 1. The van der Waals surface area contributed by atoms with Crippen LogP contribution in [0.1, 0.15) is 100 Å². The number of fused-ring (bicyclic) bond motifs is 5.